The van der Waals surface area contributed by atoms with Crippen molar-refractivity contribution in [1.29, 1.82) is 0 Å². The molecule has 0 aliphatic carbocycles. The van der Waals surface area contributed by atoms with Gasteiger partial charge in [0.25, 0.3) is 0 Å². The Hall–Kier alpha value is -0.930. The maximum atomic E-state index is 12.7. The Morgan fingerprint density at radius 3 is 2.40 bits per heavy atom. The second kappa shape index (κ2) is 5.83. The molecule has 1 aromatic carbocycles. The van der Waals surface area contributed by atoms with Crippen LogP contribution in [0.2, 0.25) is 0 Å². The standard InChI is InChI=1S/C12H19FN2/c1-3-9(2)15-12(8-14)10-4-6-11(13)7-5-10/h4-7,9,12,15H,3,8,14H2,1-2H3. The van der Waals surface area contributed by atoms with Crippen LogP contribution >= 0.6 is 0 Å². The van der Waals surface area contributed by atoms with E-state index in [1.54, 1.807) is 12.1 Å². The van der Waals surface area contributed by atoms with Gasteiger partial charge in [-0.2, -0.15) is 0 Å². The Kier molecular flexibility index (Phi) is 4.72. The molecule has 0 aliphatic rings. The van der Waals surface area contributed by atoms with Gasteiger partial charge in [0.2, 0.25) is 0 Å². The summed E-state index contributed by atoms with van der Waals surface area (Å²) >= 11 is 0. The zero-order valence-corrected chi connectivity index (χ0v) is 9.33. The Bertz CT molecular complexity index is 284. The van der Waals surface area contributed by atoms with Gasteiger partial charge in [-0.25, -0.2) is 4.39 Å². The highest BCUT2D eigenvalue weighted by atomic mass is 19.1. The predicted octanol–water partition coefficient (Wildman–Crippen LogP) is 2.21. The first-order chi connectivity index (χ1) is 7.17. The van der Waals surface area contributed by atoms with Crippen molar-refractivity contribution in [2.45, 2.75) is 32.4 Å². The lowest BCUT2D eigenvalue weighted by Crippen LogP contribution is -2.34. The van der Waals surface area contributed by atoms with Crippen LogP contribution in [-0.2, 0) is 0 Å². The first-order valence-electron chi connectivity index (χ1n) is 5.39. The Morgan fingerprint density at radius 1 is 1.33 bits per heavy atom. The van der Waals surface area contributed by atoms with Crippen LogP contribution in [0.3, 0.4) is 0 Å². The number of hydrogen-bond donors (Lipinski definition) is 2. The van der Waals surface area contributed by atoms with E-state index in [9.17, 15) is 4.39 Å². The van der Waals surface area contributed by atoms with Gasteiger partial charge in [0.1, 0.15) is 5.82 Å². The maximum absolute atomic E-state index is 12.7. The fraction of sp³-hybridized carbons (Fsp3) is 0.500. The summed E-state index contributed by atoms with van der Waals surface area (Å²) < 4.78 is 12.7. The van der Waals surface area contributed by atoms with Crippen molar-refractivity contribution in [3.8, 4) is 0 Å². The molecule has 2 nitrogen and oxygen atoms in total. The van der Waals surface area contributed by atoms with Crippen molar-refractivity contribution in [3.63, 3.8) is 0 Å². The van der Waals surface area contributed by atoms with Crippen LogP contribution in [0.5, 0.6) is 0 Å². The molecule has 0 radical (unpaired) electrons. The summed E-state index contributed by atoms with van der Waals surface area (Å²) in [5.74, 6) is -0.210. The summed E-state index contributed by atoms with van der Waals surface area (Å²) in [7, 11) is 0. The molecule has 0 spiro atoms. The topological polar surface area (TPSA) is 38.0 Å². The van der Waals surface area contributed by atoms with Gasteiger partial charge in [-0.1, -0.05) is 19.1 Å². The molecule has 0 aromatic heterocycles. The van der Waals surface area contributed by atoms with E-state index in [1.807, 2.05) is 0 Å². The molecule has 0 amide bonds. The summed E-state index contributed by atoms with van der Waals surface area (Å²) in [6.07, 6.45) is 1.05. The van der Waals surface area contributed by atoms with Crippen LogP contribution in [0.1, 0.15) is 31.9 Å². The number of rotatable bonds is 5. The molecular formula is C12H19FN2. The van der Waals surface area contributed by atoms with Gasteiger partial charge in [-0.3, -0.25) is 0 Å². The summed E-state index contributed by atoms with van der Waals surface area (Å²) in [5, 5.41) is 3.40. The third-order valence-corrected chi connectivity index (χ3v) is 2.61. The van der Waals surface area contributed by atoms with Gasteiger partial charge >= 0.3 is 0 Å². The lowest BCUT2D eigenvalue weighted by Gasteiger charge is -2.21. The van der Waals surface area contributed by atoms with Gasteiger partial charge in [-0.15, -0.1) is 0 Å². The number of nitrogens with two attached hydrogens (primary N) is 1. The van der Waals surface area contributed by atoms with Crippen molar-refractivity contribution >= 4 is 0 Å². The first kappa shape index (κ1) is 12.1. The highest BCUT2D eigenvalue weighted by molar-refractivity contribution is 5.20. The highest BCUT2D eigenvalue weighted by Gasteiger charge is 2.11. The van der Waals surface area contributed by atoms with Gasteiger partial charge in [0, 0.05) is 18.6 Å². The summed E-state index contributed by atoms with van der Waals surface area (Å²) in [6, 6.07) is 7.03. The molecule has 0 bridgehead atoms. The van der Waals surface area contributed by atoms with Crippen molar-refractivity contribution in [1.82, 2.24) is 5.32 Å². The third kappa shape index (κ3) is 3.61. The van der Waals surface area contributed by atoms with Crippen molar-refractivity contribution in [2.24, 2.45) is 5.73 Å². The fourth-order valence-electron chi connectivity index (χ4n) is 1.46. The Labute approximate surface area is 90.7 Å². The molecule has 3 heteroatoms. The molecule has 1 rings (SSSR count). The number of halogens is 1. The number of benzene rings is 1. The molecule has 3 N–H and O–H groups in total. The van der Waals surface area contributed by atoms with Crippen LogP contribution in [0.4, 0.5) is 4.39 Å². The summed E-state index contributed by atoms with van der Waals surface area (Å²) in [5.41, 5.74) is 6.73. The van der Waals surface area contributed by atoms with E-state index in [1.165, 1.54) is 12.1 Å². The van der Waals surface area contributed by atoms with E-state index >= 15 is 0 Å². The molecule has 1 aromatic rings. The van der Waals surface area contributed by atoms with E-state index in [4.69, 9.17) is 5.73 Å². The molecule has 0 aliphatic heterocycles. The Balaban J connectivity index is 2.69. The van der Waals surface area contributed by atoms with Gasteiger partial charge < -0.3 is 11.1 Å². The normalized spacial score (nSPS) is 14.9. The number of nitrogens with one attached hydrogen (secondary N) is 1. The van der Waals surface area contributed by atoms with Crippen molar-refractivity contribution in [2.75, 3.05) is 6.54 Å². The van der Waals surface area contributed by atoms with Crippen LogP contribution in [0, 0.1) is 5.82 Å². The SMILES string of the molecule is CCC(C)NC(CN)c1ccc(F)cc1. The first-order valence-corrected chi connectivity index (χ1v) is 5.39. The van der Waals surface area contributed by atoms with Crippen LogP contribution in [0.15, 0.2) is 24.3 Å². The Morgan fingerprint density at radius 2 is 1.93 bits per heavy atom. The molecule has 2 unspecified atom stereocenters. The number of hydrogen-bond acceptors (Lipinski definition) is 2. The molecule has 0 fully saturated rings. The average Bonchev–Trinajstić information content (AvgIpc) is 2.27. The van der Waals surface area contributed by atoms with E-state index in [2.05, 4.69) is 19.2 Å². The van der Waals surface area contributed by atoms with Gasteiger partial charge in [-0.05, 0) is 31.0 Å². The largest absolute Gasteiger partial charge is 0.329 e. The molecular weight excluding hydrogens is 191 g/mol. The van der Waals surface area contributed by atoms with Crippen LogP contribution in [0.25, 0.3) is 0 Å². The third-order valence-electron chi connectivity index (χ3n) is 2.61. The van der Waals surface area contributed by atoms with Crippen LogP contribution in [-0.4, -0.2) is 12.6 Å². The minimum Gasteiger partial charge on any atom is -0.329 e. The van der Waals surface area contributed by atoms with Crippen molar-refractivity contribution < 1.29 is 4.39 Å². The highest BCUT2D eigenvalue weighted by Crippen LogP contribution is 2.13. The molecule has 0 saturated carbocycles. The minimum atomic E-state index is -0.210. The molecule has 2 atom stereocenters. The van der Waals surface area contributed by atoms with Crippen molar-refractivity contribution in [3.05, 3.63) is 35.6 Å². The minimum absolute atomic E-state index is 0.112. The zero-order chi connectivity index (χ0) is 11.3. The maximum Gasteiger partial charge on any atom is 0.123 e. The smallest absolute Gasteiger partial charge is 0.123 e. The average molecular weight is 210 g/mol. The van der Waals surface area contributed by atoms with E-state index < -0.39 is 0 Å². The van der Waals surface area contributed by atoms with Crippen LogP contribution < -0.4 is 11.1 Å². The van der Waals surface area contributed by atoms with Gasteiger partial charge in [0.15, 0.2) is 0 Å². The molecule has 84 valence electrons. The fourth-order valence-corrected chi connectivity index (χ4v) is 1.46. The van der Waals surface area contributed by atoms with E-state index in [0.717, 1.165) is 12.0 Å². The summed E-state index contributed by atoms with van der Waals surface area (Å²) in [6.45, 7) is 4.76. The molecule has 15 heavy (non-hydrogen) atoms. The lowest BCUT2D eigenvalue weighted by molar-refractivity contribution is 0.451. The molecule has 0 saturated heterocycles. The monoisotopic (exact) mass is 210 g/mol. The predicted molar refractivity (Wildman–Crippen MR) is 61.1 cm³/mol. The zero-order valence-electron chi connectivity index (χ0n) is 9.33. The second-order valence-corrected chi connectivity index (χ2v) is 3.82. The van der Waals surface area contributed by atoms with E-state index in [-0.39, 0.29) is 11.9 Å². The second-order valence-electron chi connectivity index (χ2n) is 3.82. The quantitative estimate of drug-likeness (QED) is 0.782. The van der Waals surface area contributed by atoms with Gasteiger partial charge in [0.05, 0.1) is 0 Å². The summed E-state index contributed by atoms with van der Waals surface area (Å²) in [4.78, 5) is 0. The van der Waals surface area contributed by atoms with E-state index in [0.29, 0.717) is 12.6 Å². The lowest BCUT2D eigenvalue weighted by atomic mass is 10.1. The molecule has 0 heterocycles.